The molecule has 3 saturated carbocycles. The number of allylic oxidation sites excluding steroid dienone is 1. The van der Waals surface area contributed by atoms with Crippen LogP contribution in [0.3, 0.4) is 0 Å². The first-order chi connectivity index (χ1) is 11.0. The molecule has 0 radical (unpaired) electrons. The molecule has 0 unspecified atom stereocenters. The van der Waals surface area contributed by atoms with E-state index in [2.05, 4.69) is 12.8 Å². The van der Waals surface area contributed by atoms with Crippen LogP contribution in [-0.4, -0.2) is 16.5 Å². The van der Waals surface area contributed by atoms with Gasteiger partial charge in [-0.1, -0.05) is 18.4 Å². The second-order valence-electron chi connectivity index (χ2n) is 8.40. The summed E-state index contributed by atoms with van der Waals surface area (Å²) in [5, 5.41) is 11.1. The summed E-state index contributed by atoms with van der Waals surface area (Å²) in [4.78, 5) is 11.8. The topological polar surface area (TPSA) is 37.3 Å². The highest BCUT2D eigenvalue weighted by atomic mass is 16.3. The summed E-state index contributed by atoms with van der Waals surface area (Å²) in [5.74, 6) is 5.73. The lowest BCUT2D eigenvalue weighted by Crippen LogP contribution is -2.53. The van der Waals surface area contributed by atoms with Gasteiger partial charge in [0.2, 0.25) is 0 Å². The van der Waals surface area contributed by atoms with Gasteiger partial charge in [-0.3, -0.25) is 4.79 Å². The largest absolute Gasteiger partial charge is 0.377 e. The molecule has 0 heterocycles. The minimum Gasteiger partial charge on any atom is -0.377 e. The van der Waals surface area contributed by atoms with Crippen molar-refractivity contribution in [3.63, 3.8) is 0 Å². The van der Waals surface area contributed by atoms with Crippen molar-refractivity contribution in [1.29, 1.82) is 0 Å². The van der Waals surface area contributed by atoms with E-state index in [4.69, 9.17) is 6.42 Å². The monoisotopic (exact) mass is 312 g/mol. The first-order valence-electron chi connectivity index (χ1n) is 9.48. The molecule has 0 saturated heterocycles. The smallest absolute Gasteiger partial charge is 0.155 e. The SMILES string of the molecule is C#C[C@@]1(O)CC[C@H]2[C@H]3CCC4=CC(=O)CC[C@H]4[C@H]3CC[C@@]21CC. The Bertz CT molecular complexity index is 597. The molecule has 0 aromatic rings. The Kier molecular flexibility index (Phi) is 3.50. The van der Waals surface area contributed by atoms with Gasteiger partial charge in [0.15, 0.2) is 5.78 Å². The summed E-state index contributed by atoms with van der Waals surface area (Å²) < 4.78 is 0. The summed E-state index contributed by atoms with van der Waals surface area (Å²) in [5.41, 5.74) is 0.474. The average Bonchev–Trinajstić information content (AvgIpc) is 2.88. The molecule has 0 spiro atoms. The van der Waals surface area contributed by atoms with E-state index in [-0.39, 0.29) is 5.41 Å². The highest BCUT2D eigenvalue weighted by molar-refractivity contribution is 5.91. The van der Waals surface area contributed by atoms with Gasteiger partial charge in [0.05, 0.1) is 0 Å². The van der Waals surface area contributed by atoms with E-state index in [1.807, 2.05) is 6.08 Å². The maximum Gasteiger partial charge on any atom is 0.155 e. The molecule has 3 fully saturated rings. The molecule has 0 aromatic carbocycles. The molecular weight excluding hydrogens is 284 g/mol. The molecule has 23 heavy (non-hydrogen) atoms. The average molecular weight is 312 g/mol. The van der Waals surface area contributed by atoms with Crippen LogP contribution >= 0.6 is 0 Å². The van der Waals surface area contributed by atoms with Gasteiger partial charge in [0.25, 0.3) is 0 Å². The third kappa shape index (κ3) is 1.96. The fraction of sp³-hybridized carbons (Fsp3) is 0.762. The number of rotatable bonds is 1. The molecule has 124 valence electrons. The molecule has 6 atom stereocenters. The van der Waals surface area contributed by atoms with Crippen LogP contribution in [-0.2, 0) is 4.79 Å². The first kappa shape index (κ1) is 15.5. The second kappa shape index (κ2) is 5.21. The number of carbonyl (C=O) groups excluding carboxylic acids is 1. The van der Waals surface area contributed by atoms with Crippen molar-refractivity contribution in [2.24, 2.45) is 29.1 Å². The maximum atomic E-state index is 11.8. The van der Waals surface area contributed by atoms with E-state index in [1.54, 1.807) is 0 Å². The number of terminal acetylenes is 1. The van der Waals surface area contributed by atoms with E-state index >= 15 is 0 Å². The van der Waals surface area contributed by atoms with Crippen LogP contribution in [0.25, 0.3) is 0 Å². The number of hydrogen-bond acceptors (Lipinski definition) is 2. The lowest BCUT2D eigenvalue weighted by molar-refractivity contribution is -0.117. The number of aliphatic hydroxyl groups is 1. The Labute approximate surface area is 139 Å². The van der Waals surface area contributed by atoms with Crippen molar-refractivity contribution in [2.45, 2.75) is 70.3 Å². The Hall–Kier alpha value is -1.07. The molecular formula is C21H28O2. The number of ketones is 1. The van der Waals surface area contributed by atoms with Gasteiger partial charge in [-0.05, 0) is 81.1 Å². The summed E-state index contributed by atoms with van der Waals surface area (Å²) >= 11 is 0. The van der Waals surface area contributed by atoms with Crippen molar-refractivity contribution >= 4 is 5.78 Å². The quantitative estimate of drug-likeness (QED) is 0.746. The Balaban J connectivity index is 1.67. The van der Waals surface area contributed by atoms with E-state index in [1.165, 1.54) is 18.4 Å². The van der Waals surface area contributed by atoms with Crippen LogP contribution in [0.2, 0.25) is 0 Å². The number of hydrogen-bond donors (Lipinski definition) is 1. The fourth-order valence-corrected chi connectivity index (χ4v) is 6.96. The Morgan fingerprint density at radius 1 is 1.22 bits per heavy atom. The first-order valence-corrected chi connectivity index (χ1v) is 9.48. The fourth-order valence-electron chi connectivity index (χ4n) is 6.96. The predicted molar refractivity (Wildman–Crippen MR) is 90.5 cm³/mol. The Morgan fingerprint density at radius 3 is 2.78 bits per heavy atom. The summed E-state index contributed by atoms with van der Waals surface area (Å²) in [6.07, 6.45) is 16.9. The molecule has 2 heteroatoms. The molecule has 4 rings (SSSR count). The lowest BCUT2D eigenvalue weighted by atomic mass is 9.49. The minimum absolute atomic E-state index is 0.0609. The maximum absolute atomic E-state index is 11.8. The van der Waals surface area contributed by atoms with Gasteiger partial charge in [-0.25, -0.2) is 0 Å². The predicted octanol–water partition coefficient (Wildman–Crippen LogP) is 3.88. The molecule has 2 nitrogen and oxygen atoms in total. The van der Waals surface area contributed by atoms with Gasteiger partial charge in [-0.15, -0.1) is 6.42 Å². The van der Waals surface area contributed by atoms with Crippen molar-refractivity contribution in [2.75, 3.05) is 0 Å². The van der Waals surface area contributed by atoms with Crippen LogP contribution in [0.4, 0.5) is 0 Å². The van der Waals surface area contributed by atoms with Crippen LogP contribution in [0.15, 0.2) is 11.6 Å². The lowest BCUT2D eigenvalue weighted by Gasteiger charge is -2.55. The van der Waals surface area contributed by atoms with Gasteiger partial charge >= 0.3 is 0 Å². The van der Waals surface area contributed by atoms with Gasteiger partial charge in [0.1, 0.15) is 5.60 Å². The minimum atomic E-state index is -0.893. The zero-order valence-electron chi connectivity index (χ0n) is 14.2. The molecule has 1 N–H and O–H groups in total. The zero-order chi connectivity index (χ0) is 16.2. The highest BCUT2D eigenvalue weighted by Gasteiger charge is 2.63. The van der Waals surface area contributed by atoms with Crippen LogP contribution in [0.1, 0.15) is 64.7 Å². The third-order valence-electron chi connectivity index (χ3n) is 8.02. The van der Waals surface area contributed by atoms with E-state index in [0.29, 0.717) is 29.5 Å². The highest BCUT2D eigenvalue weighted by Crippen LogP contribution is 2.66. The Morgan fingerprint density at radius 2 is 2.04 bits per heavy atom. The summed E-state index contributed by atoms with van der Waals surface area (Å²) in [6.45, 7) is 2.22. The summed E-state index contributed by atoms with van der Waals surface area (Å²) in [7, 11) is 0. The standard InChI is InChI=1S/C21H28O2/c1-3-20-11-9-17-16-8-6-15(22)13-14(16)5-7-18(17)19(20)10-12-21(20,23)4-2/h2,13,16-19,23H,3,5-12H2,1H3/t16-,17-,18+,19+,20+,21-/m1/s1. The van der Waals surface area contributed by atoms with Crippen molar-refractivity contribution in [1.82, 2.24) is 0 Å². The van der Waals surface area contributed by atoms with Crippen molar-refractivity contribution in [3.05, 3.63) is 11.6 Å². The van der Waals surface area contributed by atoms with E-state index in [0.717, 1.165) is 44.9 Å². The molecule has 4 aliphatic rings. The van der Waals surface area contributed by atoms with E-state index in [9.17, 15) is 9.90 Å². The molecule has 0 aromatic heterocycles. The van der Waals surface area contributed by atoms with Crippen LogP contribution < -0.4 is 0 Å². The van der Waals surface area contributed by atoms with Crippen LogP contribution in [0, 0.1) is 41.4 Å². The van der Waals surface area contributed by atoms with Gasteiger partial charge < -0.3 is 5.11 Å². The number of carbonyl (C=O) groups is 1. The van der Waals surface area contributed by atoms with Gasteiger partial charge in [-0.2, -0.15) is 0 Å². The second-order valence-corrected chi connectivity index (χ2v) is 8.40. The van der Waals surface area contributed by atoms with E-state index < -0.39 is 5.60 Å². The zero-order valence-corrected chi connectivity index (χ0v) is 14.2. The number of fused-ring (bicyclic) bond motifs is 5. The van der Waals surface area contributed by atoms with Crippen molar-refractivity contribution < 1.29 is 9.90 Å². The van der Waals surface area contributed by atoms with Crippen molar-refractivity contribution in [3.8, 4) is 12.3 Å². The molecule has 0 aliphatic heterocycles. The molecule has 4 aliphatic carbocycles. The normalized spacial score (nSPS) is 48.7. The summed E-state index contributed by atoms with van der Waals surface area (Å²) in [6, 6.07) is 0. The third-order valence-corrected chi connectivity index (χ3v) is 8.02. The molecule has 0 amide bonds. The molecule has 0 bridgehead atoms. The van der Waals surface area contributed by atoms with Crippen LogP contribution in [0.5, 0.6) is 0 Å². The van der Waals surface area contributed by atoms with Gasteiger partial charge in [0, 0.05) is 11.8 Å².